The highest BCUT2D eigenvalue weighted by atomic mass is 16.5. The molecular formula is C18H22N2O3. The number of ether oxygens (including phenoxy) is 1. The lowest BCUT2D eigenvalue weighted by molar-refractivity contribution is -0.149. The third-order valence-corrected chi connectivity index (χ3v) is 4.38. The number of benzene rings is 1. The molecule has 1 aromatic heterocycles. The second kappa shape index (κ2) is 6.96. The molecule has 0 amide bonds. The van der Waals surface area contributed by atoms with Crippen LogP contribution >= 0.6 is 0 Å². The zero-order valence-corrected chi connectivity index (χ0v) is 13.4. The molecule has 0 bridgehead atoms. The monoisotopic (exact) mass is 314 g/mol. The van der Waals surface area contributed by atoms with Gasteiger partial charge in [0.1, 0.15) is 0 Å². The molecule has 0 unspecified atom stereocenters. The molecule has 0 spiro atoms. The minimum Gasteiger partial charge on any atom is -0.466 e. The average molecular weight is 314 g/mol. The van der Waals surface area contributed by atoms with Gasteiger partial charge in [0.25, 0.3) is 0 Å². The molecule has 0 saturated carbocycles. The van der Waals surface area contributed by atoms with E-state index < -0.39 is 0 Å². The number of H-pyrrole nitrogens is 1. The average Bonchev–Trinajstić information content (AvgIpc) is 2.99. The number of hydrogen-bond acceptors (Lipinski definition) is 4. The molecule has 2 aromatic rings. The first-order valence-electron chi connectivity index (χ1n) is 8.17. The molecule has 23 heavy (non-hydrogen) atoms. The number of aromatic amines is 1. The SMILES string of the molecule is CCOC(=O)[C@H]1CCCN(CC(=O)c2c[nH]c3ccccc23)C1. The van der Waals surface area contributed by atoms with E-state index in [-0.39, 0.29) is 17.7 Å². The number of carbonyl (C=O) groups excluding carboxylic acids is 2. The van der Waals surface area contributed by atoms with E-state index in [1.165, 1.54) is 0 Å². The standard InChI is InChI=1S/C18H22N2O3/c1-2-23-18(22)13-6-5-9-20(11-13)12-17(21)15-10-19-16-8-4-3-7-14(15)16/h3-4,7-8,10,13,19H,2,5-6,9,11-12H2,1H3/t13-/m0/s1. The van der Waals surface area contributed by atoms with Crippen molar-refractivity contribution in [1.29, 1.82) is 0 Å². The minimum absolute atomic E-state index is 0.0898. The summed E-state index contributed by atoms with van der Waals surface area (Å²) in [5, 5.41) is 0.955. The van der Waals surface area contributed by atoms with Gasteiger partial charge in [-0.3, -0.25) is 14.5 Å². The quantitative estimate of drug-likeness (QED) is 0.681. The summed E-state index contributed by atoms with van der Waals surface area (Å²) >= 11 is 0. The molecule has 3 rings (SSSR count). The molecule has 5 nitrogen and oxygen atoms in total. The zero-order valence-electron chi connectivity index (χ0n) is 13.4. The Balaban J connectivity index is 1.66. The maximum absolute atomic E-state index is 12.6. The zero-order chi connectivity index (χ0) is 16.2. The summed E-state index contributed by atoms with van der Waals surface area (Å²) in [5.41, 5.74) is 1.69. The number of rotatable bonds is 5. The van der Waals surface area contributed by atoms with Gasteiger partial charge in [0, 0.05) is 29.2 Å². The highest BCUT2D eigenvalue weighted by Crippen LogP contribution is 2.21. The van der Waals surface area contributed by atoms with Crippen LogP contribution in [0.5, 0.6) is 0 Å². The Morgan fingerprint density at radius 2 is 2.17 bits per heavy atom. The van der Waals surface area contributed by atoms with Crippen LogP contribution in [0.1, 0.15) is 30.1 Å². The largest absolute Gasteiger partial charge is 0.466 e. The first-order valence-corrected chi connectivity index (χ1v) is 8.17. The number of esters is 1. The Morgan fingerprint density at radius 3 is 3.00 bits per heavy atom. The number of carbonyl (C=O) groups is 2. The first kappa shape index (κ1) is 15.7. The number of ketones is 1. The van der Waals surface area contributed by atoms with Crippen molar-refractivity contribution in [1.82, 2.24) is 9.88 Å². The number of piperidine rings is 1. The topological polar surface area (TPSA) is 62.4 Å². The second-order valence-electron chi connectivity index (χ2n) is 6.00. The van der Waals surface area contributed by atoms with Crippen molar-refractivity contribution in [3.8, 4) is 0 Å². The molecule has 1 fully saturated rings. The van der Waals surface area contributed by atoms with Crippen LogP contribution in [0.3, 0.4) is 0 Å². The third-order valence-electron chi connectivity index (χ3n) is 4.38. The first-order chi connectivity index (χ1) is 11.2. The van der Waals surface area contributed by atoms with E-state index in [0.717, 1.165) is 35.9 Å². The van der Waals surface area contributed by atoms with Crippen LogP contribution in [0.4, 0.5) is 0 Å². The molecule has 1 aliphatic rings. The van der Waals surface area contributed by atoms with Crippen LogP contribution in [0.2, 0.25) is 0 Å². The molecule has 2 heterocycles. The predicted octanol–water partition coefficient (Wildman–Crippen LogP) is 2.63. The fourth-order valence-electron chi connectivity index (χ4n) is 3.24. The van der Waals surface area contributed by atoms with Crippen molar-refractivity contribution in [2.24, 2.45) is 5.92 Å². The molecule has 1 aliphatic heterocycles. The summed E-state index contributed by atoms with van der Waals surface area (Å²) in [6.07, 6.45) is 3.54. The van der Waals surface area contributed by atoms with E-state index in [1.54, 1.807) is 6.20 Å². The third kappa shape index (κ3) is 3.45. The van der Waals surface area contributed by atoms with E-state index in [4.69, 9.17) is 4.74 Å². The number of hydrogen-bond donors (Lipinski definition) is 1. The lowest BCUT2D eigenvalue weighted by Crippen LogP contribution is -2.41. The van der Waals surface area contributed by atoms with Crippen LogP contribution in [0.25, 0.3) is 10.9 Å². The predicted molar refractivity (Wildman–Crippen MR) is 88.4 cm³/mol. The Kier molecular flexibility index (Phi) is 4.76. The van der Waals surface area contributed by atoms with Gasteiger partial charge in [0.15, 0.2) is 5.78 Å². The lowest BCUT2D eigenvalue weighted by Gasteiger charge is -2.30. The van der Waals surface area contributed by atoms with Crippen molar-refractivity contribution in [3.05, 3.63) is 36.0 Å². The smallest absolute Gasteiger partial charge is 0.310 e. The second-order valence-corrected chi connectivity index (χ2v) is 6.00. The fourth-order valence-corrected chi connectivity index (χ4v) is 3.24. The van der Waals surface area contributed by atoms with Crippen LogP contribution < -0.4 is 0 Å². The van der Waals surface area contributed by atoms with Gasteiger partial charge in [-0.1, -0.05) is 18.2 Å². The molecule has 122 valence electrons. The molecule has 5 heteroatoms. The van der Waals surface area contributed by atoms with E-state index in [0.29, 0.717) is 19.7 Å². The summed E-state index contributed by atoms with van der Waals surface area (Å²) in [6.45, 7) is 4.03. The van der Waals surface area contributed by atoms with E-state index in [9.17, 15) is 9.59 Å². The number of Topliss-reactive ketones (excluding diaryl/α,β-unsaturated/α-hetero) is 1. The summed E-state index contributed by atoms with van der Waals surface area (Å²) in [6, 6.07) is 7.80. The van der Waals surface area contributed by atoms with Gasteiger partial charge in [0.05, 0.1) is 19.1 Å². The van der Waals surface area contributed by atoms with Crippen molar-refractivity contribution in [3.63, 3.8) is 0 Å². The molecule has 1 N–H and O–H groups in total. The minimum atomic E-state index is -0.142. The van der Waals surface area contributed by atoms with Gasteiger partial charge in [-0.2, -0.15) is 0 Å². The maximum Gasteiger partial charge on any atom is 0.310 e. The van der Waals surface area contributed by atoms with Gasteiger partial charge in [0.2, 0.25) is 0 Å². The summed E-state index contributed by atoms with van der Waals surface area (Å²) in [5.74, 6) is -0.164. The van der Waals surface area contributed by atoms with Gasteiger partial charge < -0.3 is 9.72 Å². The Bertz CT molecular complexity index is 707. The van der Waals surface area contributed by atoms with Crippen LogP contribution in [0.15, 0.2) is 30.5 Å². The van der Waals surface area contributed by atoms with Crippen LogP contribution in [-0.2, 0) is 9.53 Å². The number of nitrogens with zero attached hydrogens (tertiary/aromatic N) is 1. The number of likely N-dealkylation sites (tertiary alicyclic amines) is 1. The highest BCUT2D eigenvalue weighted by molar-refractivity contribution is 6.08. The van der Waals surface area contributed by atoms with Crippen molar-refractivity contribution in [2.75, 3.05) is 26.2 Å². The fraction of sp³-hybridized carbons (Fsp3) is 0.444. The van der Waals surface area contributed by atoms with Crippen molar-refractivity contribution >= 4 is 22.7 Å². The van der Waals surface area contributed by atoms with Gasteiger partial charge in [-0.15, -0.1) is 0 Å². The van der Waals surface area contributed by atoms with Crippen molar-refractivity contribution < 1.29 is 14.3 Å². The van der Waals surface area contributed by atoms with Crippen LogP contribution in [0, 0.1) is 5.92 Å². The highest BCUT2D eigenvalue weighted by Gasteiger charge is 2.28. The molecule has 0 radical (unpaired) electrons. The molecule has 1 aromatic carbocycles. The van der Waals surface area contributed by atoms with Gasteiger partial charge in [-0.25, -0.2) is 0 Å². The van der Waals surface area contributed by atoms with Gasteiger partial charge >= 0.3 is 5.97 Å². The number of nitrogens with one attached hydrogen (secondary N) is 1. The molecule has 0 aliphatic carbocycles. The normalized spacial score (nSPS) is 18.9. The summed E-state index contributed by atoms with van der Waals surface area (Å²) < 4.78 is 5.11. The molecule has 1 atom stereocenters. The number of aromatic nitrogens is 1. The molecular weight excluding hydrogens is 292 g/mol. The maximum atomic E-state index is 12.6. The van der Waals surface area contributed by atoms with E-state index in [1.807, 2.05) is 31.2 Å². The van der Waals surface area contributed by atoms with E-state index in [2.05, 4.69) is 9.88 Å². The Labute approximate surface area is 135 Å². The molecule has 1 saturated heterocycles. The summed E-state index contributed by atoms with van der Waals surface area (Å²) in [4.78, 5) is 29.7. The van der Waals surface area contributed by atoms with E-state index >= 15 is 0 Å². The number of para-hydroxylation sites is 1. The lowest BCUT2D eigenvalue weighted by atomic mass is 9.97. The van der Waals surface area contributed by atoms with Gasteiger partial charge in [-0.05, 0) is 32.4 Å². The number of fused-ring (bicyclic) bond motifs is 1. The van der Waals surface area contributed by atoms with Crippen LogP contribution in [-0.4, -0.2) is 47.9 Å². The summed E-state index contributed by atoms with van der Waals surface area (Å²) in [7, 11) is 0. The Morgan fingerprint density at radius 1 is 1.35 bits per heavy atom. The van der Waals surface area contributed by atoms with Crippen molar-refractivity contribution in [2.45, 2.75) is 19.8 Å². The Hall–Kier alpha value is -2.14.